The molecule has 0 bridgehead atoms. The van der Waals surface area contributed by atoms with E-state index in [4.69, 9.17) is 4.74 Å². The maximum atomic E-state index is 13.7. The Balaban J connectivity index is 2.33. The summed E-state index contributed by atoms with van der Waals surface area (Å²) in [5.41, 5.74) is 1.66. The SMILES string of the molecule is COc1c(CN2CCNCC2)cc(C)cc1C(C)(F)F. The van der Waals surface area contributed by atoms with E-state index in [0.29, 0.717) is 12.3 Å². The topological polar surface area (TPSA) is 24.5 Å². The largest absolute Gasteiger partial charge is 0.496 e. The quantitative estimate of drug-likeness (QED) is 0.919. The van der Waals surface area contributed by atoms with E-state index in [1.54, 1.807) is 0 Å². The summed E-state index contributed by atoms with van der Waals surface area (Å²) in [6.07, 6.45) is 0. The first-order chi connectivity index (χ1) is 9.41. The predicted octanol–water partition coefficient (Wildman–Crippen LogP) is 2.52. The summed E-state index contributed by atoms with van der Waals surface area (Å²) in [4.78, 5) is 2.26. The van der Waals surface area contributed by atoms with E-state index in [9.17, 15) is 8.78 Å². The maximum Gasteiger partial charge on any atom is 0.274 e. The number of ether oxygens (including phenoxy) is 1. The van der Waals surface area contributed by atoms with Crippen LogP contribution in [0.1, 0.15) is 23.6 Å². The smallest absolute Gasteiger partial charge is 0.274 e. The molecule has 1 fully saturated rings. The Morgan fingerprint density at radius 2 is 1.95 bits per heavy atom. The zero-order chi connectivity index (χ0) is 14.8. The Labute approximate surface area is 118 Å². The molecule has 0 aromatic heterocycles. The lowest BCUT2D eigenvalue weighted by Crippen LogP contribution is -2.43. The number of halogens is 2. The third-order valence-electron chi connectivity index (χ3n) is 3.59. The number of benzene rings is 1. The van der Waals surface area contributed by atoms with Gasteiger partial charge in [-0.25, -0.2) is 8.78 Å². The highest BCUT2D eigenvalue weighted by atomic mass is 19.3. The number of alkyl halides is 2. The van der Waals surface area contributed by atoms with Crippen LogP contribution in [-0.4, -0.2) is 38.2 Å². The molecule has 112 valence electrons. The third-order valence-corrected chi connectivity index (χ3v) is 3.59. The van der Waals surface area contributed by atoms with Crippen molar-refractivity contribution in [3.05, 3.63) is 28.8 Å². The number of rotatable bonds is 4. The summed E-state index contributed by atoms with van der Waals surface area (Å²) in [5.74, 6) is -2.57. The van der Waals surface area contributed by atoms with Crippen molar-refractivity contribution in [1.82, 2.24) is 10.2 Å². The van der Waals surface area contributed by atoms with Crippen molar-refractivity contribution >= 4 is 0 Å². The van der Waals surface area contributed by atoms with Crippen molar-refractivity contribution in [3.63, 3.8) is 0 Å². The third kappa shape index (κ3) is 3.46. The number of hydrogen-bond acceptors (Lipinski definition) is 3. The molecule has 1 heterocycles. The van der Waals surface area contributed by atoms with Crippen molar-refractivity contribution in [1.29, 1.82) is 0 Å². The summed E-state index contributed by atoms with van der Waals surface area (Å²) in [7, 11) is 1.46. The van der Waals surface area contributed by atoms with Gasteiger partial charge < -0.3 is 10.1 Å². The highest BCUT2D eigenvalue weighted by Gasteiger charge is 2.30. The lowest BCUT2D eigenvalue weighted by Gasteiger charge is -2.28. The monoisotopic (exact) mass is 284 g/mol. The van der Waals surface area contributed by atoms with E-state index in [2.05, 4.69) is 10.2 Å². The number of nitrogens with zero attached hydrogens (tertiary/aromatic N) is 1. The molecule has 5 heteroatoms. The fraction of sp³-hybridized carbons (Fsp3) is 0.600. The summed E-state index contributed by atoms with van der Waals surface area (Å²) in [6.45, 7) is 7.13. The van der Waals surface area contributed by atoms with Crippen molar-refractivity contribution in [2.75, 3.05) is 33.3 Å². The molecule has 1 aliphatic heterocycles. The summed E-state index contributed by atoms with van der Waals surface area (Å²) in [5, 5.41) is 3.28. The van der Waals surface area contributed by atoms with Crippen LogP contribution < -0.4 is 10.1 Å². The number of methoxy groups -OCH3 is 1. The van der Waals surface area contributed by atoms with Crippen LogP contribution in [0.4, 0.5) is 8.78 Å². The highest BCUT2D eigenvalue weighted by Crippen LogP contribution is 2.38. The van der Waals surface area contributed by atoms with Crippen LogP contribution in [0.3, 0.4) is 0 Å². The van der Waals surface area contributed by atoms with Gasteiger partial charge >= 0.3 is 0 Å². The molecule has 1 aliphatic rings. The second-order valence-corrected chi connectivity index (χ2v) is 5.42. The zero-order valence-electron chi connectivity index (χ0n) is 12.3. The molecule has 0 spiro atoms. The summed E-state index contributed by atoms with van der Waals surface area (Å²) < 4.78 is 32.8. The van der Waals surface area contributed by atoms with Gasteiger partial charge in [-0.05, 0) is 13.0 Å². The van der Waals surface area contributed by atoms with Crippen LogP contribution in [0, 0.1) is 6.92 Å². The predicted molar refractivity (Wildman–Crippen MR) is 75.4 cm³/mol. The Morgan fingerprint density at radius 1 is 1.30 bits per heavy atom. The number of piperazine rings is 1. The molecular formula is C15H22F2N2O. The number of aryl methyl sites for hydroxylation is 1. The van der Waals surface area contributed by atoms with Crippen molar-refractivity contribution in [2.24, 2.45) is 0 Å². The van der Waals surface area contributed by atoms with Crippen molar-refractivity contribution < 1.29 is 13.5 Å². The van der Waals surface area contributed by atoms with E-state index in [1.165, 1.54) is 13.2 Å². The molecule has 0 radical (unpaired) electrons. The maximum absolute atomic E-state index is 13.7. The second-order valence-electron chi connectivity index (χ2n) is 5.42. The fourth-order valence-electron chi connectivity index (χ4n) is 2.64. The molecule has 1 aromatic rings. The molecule has 0 aliphatic carbocycles. The van der Waals surface area contributed by atoms with Gasteiger partial charge in [0.25, 0.3) is 5.92 Å². The Bertz CT molecular complexity index is 466. The van der Waals surface area contributed by atoms with Gasteiger partial charge in [-0.15, -0.1) is 0 Å². The van der Waals surface area contributed by atoms with Gasteiger partial charge in [0.05, 0.1) is 12.7 Å². The zero-order valence-corrected chi connectivity index (χ0v) is 12.3. The van der Waals surface area contributed by atoms with Gasteiger partial charge in [-0.1, -0.05) is 11.6 Å². The molecule has 1 aromatic carbocycles. The molecule has 2 rings (SSSR count). The Morgan fingerprint density at radius 3 is 2.50 bits per heavy atom. The van der Waals surface area contributed by atoms with E-state index in [-0.39, 0.29) is 5.56 Å². The molecule has 0 atom stereocenters. The minimum Gasteiger partial charge on any atom is -0.496 e. The van der Waals surface area contributed by atoms with E-state index in [0.717, 1.165) is 44.2 Å². The summed E-state index contributed by atoms with van der Waals surface area (Å²) >= 11 is 0. The molecule has 0 saturated carbocycles. The van der Waals surface area contributed by atoms with Crippen molar-refractivity contribution in [3.8, 4) is 5.75 Å². The number of hydrogen-bond donors (Lipinski definition) is 1. The first-order valence-corrected chi connectivity index (χ1v) is 6.90. The Hall–Kier alpha value is -1.20. The van der Waals surface area contributed by atoms with Crippen LogP contribution in [0.5, 0.6) is 5.75 Å². The van der Waals surface area contributed by atoms with Crippen LogP contribution in [-0.2, 0) is 12.5 Å². The standard InChI is InChI=1S/C15H22F2N2O/c1-11-8-12(10-19-6-4-18-5-7-19)14(20-3)13(9-11)15(2,16)17/h8-9,18H,4-7,10H2,1-3H3. The van der Waals surface area contributed by atoms with E-state index >= 15 is 0 Å². The molecular weight excluding hydrogens is 262 g/mol. The number of nitrogens with one attached hydrogen (secondary N) is 1. The highest BCUT2D eigenvalue weighted by molar-refractivity contribution is 5.46. The molecule has 20 heavy (non-hydrogen) atoms. The van der Waals surface area contributed by atoms with Gasteiger partial charge in [0.15, 0.2) is 0 Å². The minimum atomic E-state index is -2.89. The second kappa shape index (κ2) is 6.06. The van der Waals surface area contributed by atoms with Gasteiger partial charge in [0, 0.05) is 45.2 Å². The molecule has 0 unspecified atom stereocenters. The van der Waals surface area contributed by atoms with Gasteiger partial charge in [0.2, 0.25) is 0 Å². The van der Waals surface area contributed by atoms with Crippen LogP contribution >= 0.6 is 0 Å². The average molecular weight is 284 g/mol. The fourth-order valence-corrected chi connectivity index (χ4v) is 2.64. The normalized spacial score (nSPS) is 17.2. The Kier molecular flexibility index (Phi) is 4.60. The molecule has 1 N–H and O–H groups in total. The molecule has 0 amide bonds. The first-order valence-electron chi connectivity index (χ1n) is 6.90. The van der Waals surface area contributed by atoms with Gasteiger partial charge in [0.1, 0.15) is 5.75 Å². The van der Waals surface area contributed by atoms with Gasteiger partial charge in [-0.2, -0.15) is 0 Å². The van der Waals surface area contributed by atoms with Crippen LogP contribution in [0.15, 0.2) is 12.1 Å². The van der Waals surface area contributed by atoms with Crippen LogP contribution in [0.25, 0.3) is 0 Å². The molecule has 1 saturated heterocycles. The van der Waals surface area contributed by atoms with E-state index in [1.807, 2.05) is 13.0 Å². The van der Waals surface area contributed by atoms with E-state index < -0.39 is 5.92 Å². The van der Waals surface area contributed by atoms with Gasteiger partial charge in [-0.3, -0.25) is 4.90 Å². The first kappa shape index (κ1) is 15.2. The molecule has 3 nitrogen and oxygen atoms in total. The lowest BCUT2D eigenvalue weighted by atomic mass is 10.00. The minimum absolute atomic E-state index is 0.0230. The lowest BCUT2D eigenvalue weighted by molar-refractivity contribution is 0.0148. The van der Waals surface area contributed by atoms with Crippen molar-refractivity contribution in [2.45, 2.75) is 26.3 Å². The summed E-state index contributed by atoms with van der Waals surface area (Å²) in [6, 6.07) is 3.45. The van der Waals surface area contributed by atoms with Crippen LogP contribution in [0.2, 0.25) is 0 Å². The average Bonchev–Trinajstić information content (AvgIpc) is 2.38.